The van der Waals surface area contributed by atoms with E-state index in [2.05, 4.69) is 5.32 Å². The largest absolute Gasteiger partial charge is 0.507 e. The highest BCUT2D eigenvalue weighted by atomic mass is 16.3. The van der Waals surface area contributed by atoms with Gasteiger partial charge in [0.25, 0.3) is 0 Å². The first-order chi connectivity index (χ1) is 8.21. The summed E-state index contributed by atoms with van der Waals surface area (Å²) in [5.41, 5.74) is 7.68. The van der Waals surface area contributed by atoms with E-state index < -0.39 is 0 Å². The molecule has 4 N–H and O–H groups in total. The van der Waals surface area contributed by atoms with Crippen molar-refractivity contribution < 1.29 is 9.90 Å². The van der Waals surface area contributed by atoms with Crippen LogP contribution in [0.25, 0.3) is 0 Å². The van der Waals surface area contributed by atoms with Gasteiger partial charge in [-0.2, -0.15) is 0 Å². The average Bonchev–Trinajstić information content (AvgIpc) is 2.21. The van der Waals surface area contributed by atoms with Crippen LogP contribution in [0, 0.1) is 13.8 Å². The Labute approximate surface area is 108 Å². The molecule has 100 valence electrons. The minimum absolute atomic E-state index is 0.295. The molecule has 0 saturated heterocycles. The van der Waals surface area contributed by atoms with E-state index in [4.69, 9.17) is 5.73 Å². The predicted molar refractivity (Wildman–Crippen MR) is 72.3 cm³/mol. The van der Waals surface area contributed by atoms with Gasteiger partial charge in [0.05, 0.1) is 0 Å². The fraction of sp³-hybridized carbons (Fsp3) is 0.500. The van der Waals surface area contributed by atoms with Gasteiger partial charge in [0.15, 0.2) is 0 Å². The van der Waals surface area contributed by atoms with Gasteiger partial charge in [-0.05, 0) is 44.4 Å². The molecule has 0 spiro atoms. The summed E-state index contributed by atoms with van der Waals surface area (Å²) in [5, 5.41) is 13.0. The lowest BCUT2D eigenvalue weighted by Gasteiger charge is -2.25. The second-order valence-corrected chi connectivity index (χ2v) is 5.46. The van der Waals surface area contributed by atoms with Gasteiger partial charge in [0.1, 0.15) is 5.75 Å². The molecule has 1 aromatic carbocycles. The summed E-state index contributed by atoms with van der Waals surface area (Å²) in [5.74, 6) is 0.0284. The molecule has 0 aromatic heterocycles. The number of carbonyl (C=O) groups excluding carboxylic acids is 1. The highest BCUT2D eigenvalue weighted by Gasteiger charge is 2.19. The number of nitrogens with two attached hydrogens (primary N) is 1. The van der Waals surface area contributed by atoms with Crippen LogP contribution in [-0.2, 0) is 11.3 Å². The molecule has 0 aliphatic carbocycles. The third kappa shape index (κ3) is 4.04. The summed E-state index contributed by atoms with van der Waals surface area (Å²) in [6, 6.07) is 3.88. The molecule has 1 rings (SSSR count). The summed E-state index contributed by atoms with van der Waals surface area (Å²) in [4.78, 5) is 10.9. The van der Waals surface area contributed by atoms with Crippen LogP contribution in [0.5, 0.6) is 5.75 Å². The van der Waals surface area contributed by atoms with Crippen LogP contribution in [0.4, 0.5) is 0 Å². The molecule has 0 aliphatic heterocycles. The SMILES string of the molecule is Cc1cc(CNC(C)(C)CC(N)=O)cc(C)c1O. The molecule has 0 saturated carbocycles. The molecule has 0 bridgehead atoms. The maximum Gasteiger partial charge on any atom is 0.219 e. The number of rotatable bonds is 5. The molecular formula is C14H22N2O2. The number of benzene rings is 1. The molecule has 18 heavy (non-hydrogen) atoms. The van der Waals surface area contributed by atoms with Gasteiger partial charge in [-0.3, -0.25) is 4.79 Å². The number of phenolic OH excluding ortho intramolecular Hbond substituents is 1. The number of amides is 1. The van der Waals surface area contributed by atoms with E-state index in [9.17, 15) is 9.90 Å². The van der Waals surface area contributed by atoms with Crippen molar-refractivity contribution in [3.63, 3.8) is 0 Å². The summed E-state index contributed by atoms with van der Waals surface area (Å²) in [6.45, 7) is 8.28. The van der Waals surface area contributed by atoms with Gasteiger partial charge in [-0.1, -0.05) is 12.1 Å². The molecule has 0 fully saturated rings. The van der Waals surface area contributed by atoms with Crippen molar-refractivity contribution in [1.29, 1.82) is 0 Å². The van der Waals surface area contributed by atoms with Gasteiger partial charge in [0, 0.05) is 18.5 Å². The quantitative estimate of drug-likeness (QED) is 0.745. The Morgan fingerprint density at radius 1 is 1.33 bits per heavy atom. The Balaban J connectivity index is 2.72. The molecule has 4 nitrogen and oxygen atoms in total. The summed E-state index contributed by atoms with van der Waals surface area (Å²) in [6.07, 6.45) is 0.295. The smallest absolute Gasteiger partial charge is 0.219 e. The zero-order chi connectivity index (χ0) is 13.9. The second-order valence-electron chi connectivity index (χ2n) is 5.46. The van der Waals surface area contributed by atoms with Crippen molar-refractivity contribution in [2.45, 2.75) is 46.2 Å². The van der Waals surface area contributed by atoms with E-state index in [1.54, 1.807) is 0 Å². The normalized spacial score (nSPS) is 11.6. The number of phenols is 1. The predicted octanol–water partition coefficient (Wildman–Crippen LogP) is 1.75. The lowest BCUT2D eigenvalue weighted by atomic mass is 9.99. The fourth-order valence-corrected chi connectivity index (χ4v) is 1.99. The van der Waals surface area contributed by atoms with E-state index in [0.29, 0.717) is 18.7 Å². The van der Waals surface area contributed by atoms with Gasteiger partial charge in [0.2, 0.25) is 5.91 Å². The van der Waals surface area contributed by atoms with E-state index in [-0.39, 0.29) is 11.4 Å². The molecule has 1 amide bonds. The zero-order valence-electron chi connectivity index (χ0n) is 11.5. The molecule has 4 heteroatoms. The van der Waals surface area contributed by atoms with Gasteiger partial charge in [-0.25, -0.2) is 0 Å². The lowest BCUT2D eigenvalue weighted by molar-refractivity contribution is -0.119. The van der Waals surface area contributed by atoms with Crippen LogP contribution in [-0.4, -0.2) is 16.6 Å². The van der Waals surface area contributed by atoms with Crippen LogP contribution in [0.2, 0.25) is 0 Å². The molecule has 0 unspecified atom stereocenters. The molecule has 0 aliphatic rings. The number of primary amides is 1. The Morgan fingerprint density at radius 3 is 2.28 bits per heavy atom. The Bertz CT molecular complexity index is 430. The number of carbonyl (C=O) groups is 1. The third-order valence-corrected chi connectivity index (χ3v) is 2.94. The van der Waals surface area contributed by atoms with E-state index in [1.807, 2.05) is 39.8 Å². The third-order valence-electron chi connectivity index (χ3n) is 2.94. The first kappa shape index (κ1) is 14.5. The number of nitrogens with one attached hydrogen (secondary N) is 1. The fourth-order valence-electron chi connectivity index (χ4n) is 1.99. The van der Waals surface area contributed by atoms with Crippen molar-refractivity contribution in [2.24, 2.45) is 5.73 Å². The monoisotopic (exact) mass is 250 g/mol. The summed E-state index contributed by atoms with van der Waals surface area (Å²) in [7, 11) is 0. The molecule has 0 heterocycles. The Morgan fingerprint density at radius 2 is 1.83 bits per heavy atom. The number of hydrogen-bond acceptors (Lipinski definition) is 3. The molecule has 1 aromatic rings. The maximum absolute atomic E-state index is 10.9. The van der Waals surface area contributed by atoms with Crippen LogP contribution < -0.4 is 11.1 Å². The van der Waals surface area contributed by atoms with Crippen LogP contribution in [0.15, 0.2) is 12.1 Å². The van der Waals surface area contributed by atoms with Crippen molar-refractivity contribution in [1.82, 2.24) is 5.32 Å². The number of hydrogen-bond donors (Lipinski definition) is 3. The van der Waals surface area contributed by atoms with Crippen molar-refractivity contribution in [3.8, 4) is 5.75 Å². The number of aromatic hydroxyl groups is 1. The van der Waals surface area contributed by atoms with Crippen LogP contribution in [0.1, 0.15) is 37.0 Å². The Kier molecular flexibility index (Phi) is 4.35. The van der Waals surface area contributed by atoms with Gasteiger partial charge < -0.3 is 16.2 Å². The highest BCUT2D eigenvalue weighted by Crippen LogP contribution is 2.23. The van der Waals surface area contributed by atoms with E-state index >= 15 is 0 Å². The van der Waals surface area contributed by atoms with Gasteiger partial charge in [-0.15, -0.1) is 0 Å². The van der Waals surface area contributed by atoms with Crippen molar-refractivity contribution >= 4 is 5.91 Å². The highest BCUT2D eigenvalue weighted by molar-refractivity contribution is 5.75. The first-order valence-electron chi connectivity index (χ1n) is 6.04. The van der Waals surface area contributed by atoms with Crippen LogP contribution in [0.3, 0.4) is 0 Å². The second kappa shape index (κ2) is 5.40. The molecular weight excluding hydrogens is 228 g/mol. The van der Waals surface area contributed by atoms with E-state index in [1.165, 1.54) is 0 Å². The van der Waals surface area contributed by atoms with Crippen LogP contribution >= 0.6 is 0 Å². The number of aryl methyl sites for hydroxylation is 2. The zero-order valence-corrected chi connectivity index (χ0v) is 11.5. The standard InChI is InChI=1S/C14H22N2O2/c1-9-5-11(6-10(2)13(9)18)8-16-14(3,4)7-12(15)17/h5-6,16,18H,7-8H2,1-4H3,(H2,15,17). The summed E-state index contributed by atoms with van der Waals surface area (Å²) < 4.78 is 0. The van der Waals surface area contributed by atoms with Crippen molar-refractivity contribution in [3.05, 3.63) is 28.8 Å². The van der Waals surface area contributed by atoms with Crippen molar-refractivity contribution in [2.75, 3.05) is 0 Å². The molecule has 0 radical (unpaired) electrons. The lowest BCUT2D eigenvalue weighted by Crippen LogP contribution is -2.42. The van der Waals surface area contributed by atoms with Gasteiger partial charge >= 0.3 is 0 Å². The maximum atomic E-state index is 10.9. The summed E-state index contributed by atoms with van der Waals surface area (Å²) >= 11 is 0. The minimum atomic E-state index is -0.328. The Hall–Kier alpha value is -1.55. The molecule has 0 atom stereocenters. The average molecular weight is 250 g/mol. The topological polar surface area (TPSA) is 75.3 Å². The first-order valence-corrected chi connectivity index (χ1v) is 6.04. The van der Waals surface area contributed by atoms with E-state index in [0.717, 1.165) is 16.7 Å². The minimum Gasteiger partial charge on any atom is -0.507 e.